The van der Waals surface area contributed by atoms with Crippen molar-refractivity contribution in [2.45, 2.75) is 64.2 Å². The van der Waals surface area contributed by atoms with Crippen LogP contribution in [0.1, 0.15) is 39.2 Å². The summed E-state index contributed by atoms with van der Waals surface area (Å²) in [6.45, 7) is 4.69. The third-order valence-corrected chi connectivity index (χ3v) is 4.90. The fourth-order valence-electron chi connectivity index (χ4n) is 2.92. The molecule has 0 aliphatic heterocycles. The van der Waals surface area contributed by atoms with Crippen molar-refractivity contribution in [1.29, 1.82) is 0 Å². The van der Waals surface area contributed by atoms with E-state index in [-0.39, 0.29) is 25.2 Å². The molecule has 1 aromatic carbocycles. The first kappa shape index (κ1) is 27.6. The second-order valence-electron chi connectivity index (χ2n) is 8.09. The van der Waals surface area contributed by atoms with Gasteiger partial charge in [0.1, 0.15) is 18.1 Å². The zero-order chi connectivity index (χ0) is 25.1. The predicted molar refractivity (Wildman–Crippen MR) is 119 cm³/mol. The van der Waals surface area contributed by atoms with Gasteiger partial charge in [0, 0.05) is 12.8 Å². The SMILES string of the molecule is CC(NC(=O)C(N)CCC(=O)O)C(=O)NC(Cc1ccccc1)C(=O)NC(C(=O)O)C(C)C. The molecule has 1 rings (SSSR count). The van der Waals surface area contributed by atoms with Gasteiger partial charge < -0.3 is 31.9 Å². The van der Waals surface area contributed by atoms with Gasteiger partial charge in [0.25, 0.3) is 0 Å². The van der Waals surface area contributed by atoms with Crippen LogP contribution >= 0.6 is 0 Å². The number of hydrogen-bond donors (Lipinski definition) is 6. The highest BCUT2D eigenvalue weighted by Crippen LogP contribution is 2.07. The van der Waals surface area contributed by atoms with Crippen molar-refractivity contribution in [3.63, 3.8) is 0 Å². The number of benzene rings is 1. The zero-order valence-electron chi connectivity index (χ0n) is 18.9. The van der Waals surface area contributed by atoms with Crippen LogP contribution in [0.15, 0.2) is 30.3 Å². The van der Waals surface area contributed by atoms with Crippen LogP contribution in [-0.4, -0.2) is 64.0 Å². The molecule has 4 unspecified atom stereocenters. The van der Waals surface area contributed by atoms with Gasteiger partial charge in [-0.25, -0.2) is 4.79 Å². The lowest BCUT2D eigenvalue weighted by Gasteiger charge is -2.25. The molecule has 4 atom stereocenters. The third-order valence-electron chi connectivity index (χ3n) is 4.90. The van der Waals surface area contributed by atoms with Gasteiger partial charge in [0.05, 0.1) is 6.04 Å². The molecule has 0 saturated carbocycles. The summed E-state index contributed by atoms with van der Waals surface area (Å²) in [6, 6.07) is 4.43. The maximum absolute atomic E-state index is 12.9. The molecule has 0 radical (unpaired) electrons. The van der Waals surface area contributed by atoms with Gasteiger partial charge in [-0.15, -0.1) is 0 Å². The number of rotatable bonds is 13. The van der Waals surface area contributed by atoms with Crippen molar-refractivity contribution in [2.24, 2.45) is 11.7 Å². The molecule has 0 aliphatic carbocycles. The lowest BCUT2D eigenvalue weighted by Crippen LogP contribution is -2.57. The maximum Gasteiger partial charge on any atom is 0.326 e. The topological polar surface area (TPSA) is 188 Å². The smallest absolute Gasteiger partial charge is 0.326 e. The maximum atomic E-state index is 12.9. The van der Waals surface area contributed by atoms with E-state index in [0.717, 1.165) is 5.56 Å². The number of hydrogen-bond acceptors (Lipinski definition) is 6. The monoisotopic (exact) mass is 464 g/mol. The molecule has 3 amide bonds. The van der Waals surface area contributed by atoms with E-state index in [1.54, 1.807) is 44.2 Å². The highest BCUT2D eigenvalue weighted by atomic mass is 16.4. The first-order valence-electron chi connectivity index (χ1n) is 10.6. The van der Waals surface area contributed by atoms with Crippen LogP contribution in [-0.2, 0) is 30.4 Å². The first-order valence-corrected chi connectivity index (χ1v) is 10.6. The molecular formula is C22H32N4O7. The van der Waals surface area contributed by atoms with Crippen LogP contribution in [0.3, 0.4) is 0 Å². The molecule has 11 heteroatoms. The van der Waals surface area contributed by atoms with Crippen molar-refractivity contribution in [1.82, 2.24) is 16.0 Å². The molecule has 33 heavy (non-hydrogen) atoms. The van der Waals surface area contributed by atoms with E-state index in [2.05, 4.69) is 16.0 Å². The minimum atomic E-state index is -1.20. The molecule has 0 fully saturated rings. The van der Waals surface area contributed by atoms with E-state index in [1.807, 2.05) is 0 Å². The summed E-state index contributed by atoms with van der Waals surface area (Å²) in [7, 11) is 0. The zero-order valence-corrected chi connectivity index (χ0v) is 18.9. The lowest BCUT2D eigenvalue weighted by molar-refractivity contribution is -0.143. The Morgan fingerprint density at radius 3 is 2.00 bits per heavy atom. The normalized spacial score (nSPS) is 14.5. The molecule has 0 saturated heterocycles. The fraction of sp³-hybridized carbons (Fsp3) is 0.500. The summed E-state index contributed by atoms with van der Waals surface area (Å²) in [4.78, 5) is 59.7. The molecular weight excluding hydrogens is 432 g/mol. The van der Waals surface area contributed by atoms with E-state index in [9.17, 15) is 29.1 Å². The summed E-state index contributed by atoms with van der Waals surface area (Å²) in [5.41, 5.74) is 6.39. The number of carbonyl (C=O) groups is 5. The van der Waals surface area contributed by atoms with Gasteiger partial charge in [0.15, 0.2) is 0 Å². The molecule has 0 aromatic heterocycles. The van der Waals surface area contributed by atoms with Gasteiger partial charge in [-0.1, -0.05) is 44.2 Å². The minimum Gasteiger partial charge on any atom is -0.481 e. The van der Waals surface area contributed by atoms with Crippen LogP contribution in [0, 0.1) is 5.92 Å². The number of nitrogens with one attached hydrogen (secondary N) is 3. The second-order valence-corrected chi connectivity index (χ2v) is 8.09. The molecule has 0 spiro atoms. The standard InChI is InChI=1S/C22H32N4O7/c1-12(2)18(22(32)33)26-21(31)16(11-14-7-5-4-6-8-14)25-19(29)13(3)24-20(30)15(23)9-10-17(27)28/h4-8,12-13,15-16,18H,9-11,23H2,1-3H3,(H,24,30)(H,25,29)(H,26,31)(H,27,28)(H,32,33). The molecule has 11 nitrogen and oxygen atoms in total. The van der Waals surface area contributed by atoms with Crippen LogP contribution in [0.25, 0.3) is 0 Å². The van der Waals surface area contributed by atoms with Crippen molar-refractivity contribution >= 4 is 29.7 Å². The highest BCUT2D eigenvalue weighted by Gasteiger charge is 2.30. The third kappa shape index (κ3) is 9.69. The van der Waals surface area contributed by atoms with Crippen LogP contribution in [0.2, 0.25) is 0 Å². The highest BCUT2D eigenvalue weighted by molar-refractivity contribution is 5.94. The Hall–Kier alpha value is -3.47. The van der Waals surface area contributed by atoms with E-state index < -0.39 is 53.8 Å². The van der Waals surface area contributed by atoms with Crippen molar-refractivity contribution < 1.29 is 34.2 Å². The summed E-state index contributed by atoms with van der Waals surface area (Å²) in [5.74, 6) is -4.73. The first-order chi connectivity index (χ1) is 15.4. The Kier molecular flexibility index (Phi) is 11.0. The number of amides is 3. The van der Waals surface area contributed by atoms with E-state index in [4.69, 9.17) is 10.8 Å². The number of aliphatic carboxylic acids is 2. The van der Waals surface area contributed by atoms with Gasteiger partial charge in [-0.05, 0) is 24.8 Å². The van der Waals surface area contributed by atoms with Gasteiger partial charge >= 0.3 is 11.9 Å². The summed E-state index contributed by atoms with van der Waals surface area (Å²) < 4.78 is 0. The molecule has 0 bridgehead atoms. The van der Waals surface area contributed by atoms with Gasteiger partial charge in [-0.3, -0.25) is 19.2 Å². The number of carboxylic acids is 2. The van der Waals surface area contributed by atoms with Crippen LogP contribution in [0.5, 0.6) is 0 Å². The molecule has 182 valence electrons. The average molecular weight is 465 g/mol. The predicted octanol–water partition coefficient (Wildman–Crippen LogP) is -0.364. The van der Waals surface area contributed by atoms with Gasteiger partial charge in [0.2, 0.25) is 17.7 Å². The largest absolute Gasteiger partial charge is 0.481 e. The van der Waals surface area contributed by atoms with Gasteiger partial charge in [-0.2, -0.15) is 0 Å². The fourth-order valence-corrected chi connectivity index (χ4v) is 2.92. The summed E-state index contributed by atoms with van der Waals surface area (Å²) >= 11 is 0. The van der Waals surface area contributed by atoms with E-state index >= 15 is 0 Å². The number of nitrogens with two attached hydrogens (primary N) is 1. The van der Waals surface area contributed by atoms with Crippen LogP contribution in [0.4, 0.5) is 0 Å². The quantitative estimate of drug-likeness (QED) is 0.228. The minimum absolute atomic E-state index is 0.0969. The summed E-state index contributed by atoms with van der Waals surface area (Å²) in [6.07, 6.45) is -0.295. The molecule has 7 N–H and O–H groups in total. The summed E-state index contributed by atoms with van der Waals surface area (Å²) in [5, 5.41) is 25.5. The van der Waals surface area contributed by atoms with Crippen LogP contribution < -0.4 is 21.7 Å². The Morgan fingerprint density at radius 1 is 0.879 bits per heavy atom. The molecule has 1 aromatic rings. The average Bonchev–Trinajstić information content (AvgIpc) is 2.74. The Bertz CT molecular complexity index is 844. The Morgan fingerprint density at radius 2 is 1.48 bits per heavy atom. The number of carbonyl (C=O) groups excluding carboxylic acids is 3. The van der Waals surface area contributed by atoms with E-state index in [0.29, 0.717) is 0 Å². The van der Waals surface area contributed by atoms with Crippen molar-refractivity contribution in [3.8, 4) is 0 Å². The molecule has 0 heterocycles. The second kappa shape index (κ2) is 13.2. The van der Waals surface area contributed by atoms with Crippen molar-refractivity contribution in [3.05, 3.63) is 35.9 Å². The Labute approximate surface area is 192 Å². The van der Waals surface area contributed by atoms with Crippen molar-refractivity contribution in [2.75, 3.05) is 0 Å². The van der Waals surface area contributed by atoms with E-state index in [1.165, 1.54) is 6.92 Å². The number of carboxylic acid groups (broad SMARTS) is 2. The Balaban J connectivity index is 2.89. The lowest BCUT2D eigenvalue weighted by atomic mass is 10.0. The molecule has 0 aliphatic rings.